The van der Waals surface area contributed by atoms with Gasteiger partial charge in [-0.3, -0.25) is 14.2 Å². The SMILES string of the molecule is CC=CCn1c(=O)c(=Cc2ccccc2)n(C)c(=O)c1=Cc1ccccc1. The number of hydrogen-bond acceptors (Lipinski definition) is 2. The molecule has 0 amide bonds. The van der Waals surface area contributed by atoms with Gasteiger partial charge in [0.2, 0.25) is 0 Å². The molecule has 0 aliphatic heterocycles. The van der Waals surface area contributed by atoms with Gasteiger partial charge in [-0.15, -0.1) is 0 Å². The molecule has 0 saturated carbocycles. The molecule has 2 aromatic carbocycles. The molecule has 0 N–H and O–H groups in total. The molecule has 136 valence electrons. The van der Waals surface area contributed by atoms with Crippen LogP contribution in [0.15, 0.2) is 82.4 Å². The summed E-state index contributed by atoms with van der Waals surface area (Å²) in [7, 11) is 1.64. The van der Waals surface area contributed by atoms with Crippen molar-refractivity contribution in [3.8, 4) is 0 Å². The average molecular weight is 358 g/mol. The van der Waals surface area contributed by atoms with Gasteiger partial charge in [0, 0.05) is 13.6 Å². The van der Waals surface area contributed by atoms with Crippen molar-refractivity contribution in [1.29, 1.82) is 0 Å². The fraction of sp³-hybridized carbons (Fsp3) is 0.130. The van der Waals surface area contributed by atoms with E-state index in [1.165, 1.54) is 9.13 Å². The lowest BCUT2D eigenvalue weighted by atomic mass is 10.2. The molecular formula is C23H22N2O2. The predicted octanol–water partition coefficient (Wildman–Crippen LogP) is 1.78. The lowest BCUT2D eigenvalue weighted by molar-refractivity contribution is 0.663. The Bertz CT molecular complexity index is 1190. The Morgan fingerprint density at radius 1 is 0.778 bits per heavy atom. The number of benzene rings is 2. The first-order valence-electron chi connectivity index (χ1n) is 8.86. The standard InChI is InChI=1S/C23H22N2O2/c1-3-4-15-25-21(17-19-13-9-6-10-14-19)22(26)24(2)20(23(25)27)16-18-11-7-5-8-12-18/h3-14,16-17H,15H2,1-2H3. The molecule has 0 spiro atoms. The molecule has 0 atom stereocenters. The van der Waals surface area contributed by atoms with Crippen molar-refractivity contribution in [2.75, 3.05) is 0 Å². The molecule has 3 aromatic rings. The second-order valence-corrected chi connectivity index (χ2v) is 6.23. The minimum atomic E-state index is -0.204. The molecule has 3 rings (SSSR count). The van der Waals surface area contributed by atoms with Crippen LogP contribution in [0.2, 0.25) is 0 Å². The van der Waals surface area contributed by atoms with Crippen LogP contribution in [0, 0.1) is 0 Å². The molecule has 4 nitrogen and oxygen atoms in total. The highest BCUT2D eigenvalue weighted by Gasteiger charge is 2.07. The lowest BCUT2D eigenvalue weighted by Gasteiger charge is -2.08. The third-order valence-electron chi connectivity index (χ3n) is 4.37. The zero-order valence-electron chi connectivity index (χ0n) is 15.5. The monoisotopic (exact) mass is 358 g/mol. The molecule has 0 unspecified atom stereocenters. The van der Waals surface area contributed by atoms with Crippen molar-refractivity contribution < 1.29 is 0 Å². The van der Waals surface area contributed by atoms with Crippen LogP contribution in [0.1, 0.15) is 18.1 Å². The van der Waals surface area contributed by atoms with E-state index in [2.05, 4.69) is 0 Å². The average Bonchev–Trinajstić information content (AvgIpc) is 2.70. The Kier molecular flexibility index (Phi) is 5.67. The van der Waals surface area contributed by atoms with Gasteiger partial charge in [-0.2, -0.15) is 0 Å². The Hall–Kier alpha value is -3.40. The largest absolute Gasteiger partial charge is 0.305 e. The minimum Gasteiger partial charge on any atom is -0.305 e. The van der Waals surface area contributed by atoms with Gasteiger partial charge >= 0.3 is 0 Å². The molecule has 1 heterocycles. The Labute approximate surface area is 157 Å². The molecule has 0 aliphatic rings. The second kappa shape index (κ2) is 8.32. The molecule has 0 radical (unpaired) electrons. The maximum Gasteiger partial charge on any atom is 0.275 e. The summed E-state index contributed by atoms with van der Waals surface area (Å²) >= 11 is 0. The van der Waals surface area contributed by atoms with Crippen LogP contribution in [0.5, 0.6) is 0 Å². The molecular weight excluding hydrogens is 336 g/mol. The third-order valence-corrected chi connectivity index (χ3v) is 4.37. The smallest absolute Gasteiger partial charge is 0.275 e. The van der Waals surface area contributed by atoms with Crippen LogP contribution in [-0.2, 0) is 13.6 Å². The molecule has 0 saturated heterocycles. The number of rotatable bonds is 4. The van der Waals surface area contributed by atoms with Crippen molar-refractivity contribution >= 4 is 12.2 Å². The van der Waals surface area contributed by atoms with E-state index in [4.69, 9.17) is 0 Å². The van der Waals surface area contributed by atoms with E-state index in [-0.39, 0.29) is 11.1 Å². The second-order valence-electron chi connectivity index (χ2n) is 6.23. The van der Waals surface area contributed by atoms with Crippen molar-refractivity contribution in [3.63, 3.8) is 0 Å². The summed E-state index contributed by atoms with van der Waals surface area (Å²) in [5.74, 6) is 0. The van der Waals surface area contributed by atoms with Gasteiger partial charge < -0.3 is 4.57 Å². The highest BCUT2D eigenvalue weighted by Crippen LogP contribution is 1.98. The van der Waals surface area contributed by atoms with Crippen LogP contribution < -0.4 is 21.8 Å². The number of allylic oxidation sites excluding steroid dienone is 2. The quantitative estimate of drug-likeness (QED) is 0.668. The van der Waals surface area contributed by atoms with Crippen LogP contribution in [0.4, 0.5) is 0 Å². The van der Waals surface area contributed by atoms with Crippen molar-refractivity contribution in [2.45, 2.75) is 13.5 Å². The fourth-order valence-corrected chi connectivity index (χ4v) is 2.89. The van der Waals surface area contributed by atoms with E-state index >= 15 is 0 Å². The first-order chi connectivity index (χ1) is 13.1. The summed E-state index contributed by atoms with van der Waals surface area (Å²) in [5.41, 5.74) is 1.36. The highest BCUT2D eigenvalue weighted by atomic mass is 16.1. The molecule has 27 heavy (non-hydrogen) atoms. The first kappa shape index (κ1) is 18.4. The zero-order chi connectivity index (χ0) is 19.2. The lowest BCUT2D eigenvalue weighted by Crippen LogP contribution is -2.57. The minimum absolute atomic E-state index is 0.193. The highest BCUT2D eigenvalue weighted by molar-refractivity contribution is 5.49. The maximum absolute atomic E-state index is 13.2. The van der Waals surface area contributed by atoms with Crippen LogP contribution >= 0.6 is 0 Å². The van der Waals surface area contributed by atoms with Gasteiger partial charge in [-0.25, -0.2) is 0 Å². The number of aromatic nitrogens is 2. The summed E-state index contributed by atoms with van der Waals surface area (Å²) in [6, 6.07) is 19.1. The molecule has 0 bridgehead atoms. The van der Waals surface area contributed by atoms with Gasteiger partial charge in [-0.1, -0.05) is 72.8 Å². The van der Waals surface area contributed by atoms with Gasteiger partial charge in [0.1, 0.15) is 10.7 Å². The van der Waals surface area contributed by atoms with Crippen molar-refractivity contribution in [3.05, 3.63) is 115 Å². The third kappa shape index (κ3) is 4.06. The summed E-state index contributed by atoms with van der Waals surface area (Å²) in [6.45, 7) is 2.24. The van der Waals surface area contributed by atoms with Gasteiger partial charge in [-0.05, 0) is 30.2 Å². The molecule has 1 aromatic heterocycles. The van der Waals surface area contributed by atoms with Gasteiger partial charge in [0.15, 0.2) is 0 Å². The van der Waals surface area contributed by atoms with Gasteiger partial charge in [0.25, 0.3) is 11.1 Å². The Morgan fingerprint density at radius 2 is 1.30 bits per heavy atom. The Morgan fingerprint density at radius 3 is 1.81 bits per heavy atom. The Balaban J connectivity index is 2.37. The van der Waals surface area contributed by atoms with Crippen LogP contribution in [0.25, 0.3) is 12.2 Å². The van der Waals surface area contributed by atoms with Crippen molar-refractivity contribution in [1.82, 2.24) is 9.13 Å². The molecule has 4 heteroatoms. The summed E-state index contributed by atoms with van der Waals surface area (Å²) < 4.78 is 2.96. The predicted molar refractivity (Wildman–Crippen MR) is 110 cm³/mol. The summed E-state index contributed by atoms with van der Waals surface area (Å²) in [6.07, 6.45) is 7.26. The van der Waals surface area contributed by atoms with Crippen LogP contribution in [-0.4, -0.2) is 9.13 Å². The van der Waals surface area contributed by atoms with Crippen molar-refractivity contribution in [2.24, 2.45) is 7.05 Å². The van der Waals surface area contributed by atoms with Crippen LogP contribution in [0.3, 0.4) is 0 Å². The first-order valence-corrected chi connectivity index (χ1v) is 8.86. The normalized spacial score (nSPS) is 12.8. The maximum atomic E-state index is 13.2. The number of nitrogens with zero attached hydrogens (tertiary/aromatic N) is 2. The van der Waals surface area contributed by atoms with E-state index in [0.29, 0.717) is 17.2 Å². The van der Waals surface area contributed by atoms with E-state index in [9.17, 15) is 9.59 Å². The van der Waals surface area contributed by atoms with E-state index < -0.39 is 0 Å². The van der Waals surface area contributed by atoms with E-state index in [1.54, 1.807) is 19.2 Å². The number of hydrogen-bond donors (Lipinski definition) is 0. The zero-order valence-corrected chi connectivity index (χ0v) is 15.5. The topological polar surface area (TPSA) is 44.0 Å². The summed E-state index contributed by atoms with van der Waals surface area (Å²) in [4.78, 5) is 26.2. The fourth-order valence-electron chi connectivity index (χ4n) is 2.89. The molecule has 0 fully saturated rings. The van der Waals surface area contributed by atoms with Gasteiger partial charge in [0.05, 0.1) is 0 Å². The van der Waals surface area contributed by atoms with E-state index in [0.717, 1.165) is 11.1 Å². The molecule has 0 aliphatic carbocycles. The van der Waals surface area contributed by atoms with E-state index in [1.807, 2.05) is 79.7 Å². The summed E-state index contributed by atoms with van der Waals surface area (Å²) in [5, 5.41) is 0.734.